The Balaban J connectivity index is 1.96. The van der Waals surface area contributed by atoms with Gasteiger partial charge in [0.2, 0.25) is 5.91 Å². The summed E-state index contributed by atoms with van der Waals surface area (Å²) >= 11 is 0. The molecule has 2 atom stereocenters. The highest BCUT2D eigenvalue weighted by Gasteiger charge is 2.38. The third-order valence-electron chi connectivity index (χ3n) is 4.02. The van der Waals surface area contributed by atoms with E-state index < -0.39 is 5.41 Å². The van der Waals surface area contributed by atoms with Gasteiger partial charge < -0.3 is 5.32 Å². The minimum absolute atomic E-state index is 0.127. The summed E-state index contributed by atoms with van der Waals surface area (Å²) in [6, 6.07) is 2.81. The molecule has 2 aliphatic heterocycles. The Kier molecular flexibility index (Phi) is 3.39. The van der Waals surface area contributed by atoms with E-state index in [-0.39, 0.29) is 11.9 Å². The summed E-state index contributed by atoms with van der Waals surface area (Å²) in [5.41, 5.74) is -0.915. The average molecular weight is 235 g/mol. The van der Waals surface area contributed by atoms with Crippen LogP contribution in [0.15, 0.2) is 0 Å². The summed E-state index contributed by atoms with van der Waals surface area (Å²) in [5.74, 6) is -0.127. The van der Waals surface area contributed by atoms with Gasteiger partial charge in [0.25, 0.3) is 0 Å². The second-order valence-corrected chi connectivity index (χ2v) is 5.70. The molecule has 2 heterocycles. The molecule has 2 fully saturated rings. The van der Waals surface area contributed by atoms with Crippen molar-refractivity contribution in [2.45, 2.75) is 51.6 Å². The Bertz CT molecular complexity index is 345. The van der Waals surface area contributed by atoms with Gasteiger partial charge >= 0.3 is 0 Å². The zero-order valence-corrected chi connectivity index (χ0v) is 10.7. The predicted octanol–water partition coefficient (Wildman–Crippen LogP) is 1.28. The first kappa shape index (κ1) is 12.4. The normalized spacial score (nSPS) is 29.5. The largest absolute Gasteiger partial charge is 0.350 e. The van der Waals surface area contributed by atoms with Crippen LogP contribution in [0.5, 0.6) is 0 Å². The number of hydrogen-bond acceptors (Lipinski definition) is 3. The third kappa shape index (κ3) is 2.44. The van der Waals surface area contributed by atoms with Gasteiger partial charge in [-0.1, -0.05) is 6.42 Å². The van der Waals surface area contributed by atoms with Gasteiger partial charge in [0.15, 0.2) is 0 Å². The molecule has 0 aliphatic carbocycles. The first-order valence-electron chi connectivity index (χ1n) is 6.51. The maximum atomic E-state index is 12.0. The first-order valence-corrected chi connectivity index (χ1v) is 6.51. The van der Waals surface area contributed by atoms with E-state index in [1.165, 1.54) is 25.8 Å². The van der Waals surface area contributed by atoms with Gasteiger partial charge in [-0.05, 0) is 39.7 Å². The van der Waals surface area contributed by atoms with Crippen molar-refractivity contribution in [3.05, 3.63) is 0 Å². The van der Waals surface area contributed by atoms with Crippen molar-refractivity contribution < 1.29 is 4.79 Å². The molecule has 2 saturated heterocycles. The van der Waals surface area contributed by atoms with E-state index in [1.807, 2.05) is 0 Å². The molecule has 0 aromatic heterocycles. The van der Waals surface area contributed by atoms with Gasteiger partial charge in [0.05, 0.1) is 6.07 Å². The Morgan fingerprint density at radius 3 is 2.82 bits per heavy atom. The molecule has 1 N–H and O–H groups in total. The fourth-order valence-corrected chi connectivity index (χ4v) is 2.82. The molecule has 17 heavy (non-hydrogen) atoms. The van der Waals surface area contributed by atoms with Crippen LogP contribution in [-0.2, 0) is 4.79 Å². The lowest BCUT2D eigenvalue weighted by molar-refractivity contribution is -0.127. The van der Waals surface area contributed by atoms with Gasteiger partial charge in [-0.15, -0.1) is 0 Å². The van der Waals surface area contributed by atoms with Gasteiger partial charge in [-0.3, -0.25) is 9.69 Å². The summed E-state index contributed by atoms with van der Waals surface area (Å²) in [4.78, 5) is 14.5. The van der Waals surface area contributed by atoms with E-state index in [0.717, 1.165) is 13.0 Å². The summed E-state index contributed by atoms with van der Waals surface area (Å²) in [7, 11) is 0. The fraction of sp³-hybridized carbons (Fsp3) is 0.846. The quantitative estimate of drug-likeness (QED) is 0.784. The Morgan fingerprint density at radius 1 is 1.35 bits per heavy atom. The van der Waals surface area contributed by atoms with E-state index in [9.17, 15) is 4.79 Å². The molecular weight excluding hydrogens is 214 g/mol. The molecular formula is C13H21N3O. The number of carbonyl (C=O) groups excluding carboxylic acids is 1. The van der Waals surface area contributed by atoms with Crippen molar-refractivity contribution in [1.29, 1.82) is 5.26 Å². The summed E-state index contributed by atoms with van der Waals surface area (Å²) in [6.45, 7) is 5.60. The molecule has 0 radical (unpaired) electrons. The second-order valence-electron chi connectivity index (χ2n) is 5.70. The van der Waals surface area contributed by atoms with Crippen LogP contribution >= 0.6 is 0 Å². The van der Waals surface area contributed by atoms with Crippen molar-refractivity contribution >= 4 is 5.91 Å². The molecule has 0 aromatic rings. The molecule has 0 saturated carbocycles. The van der Waals surface area contributed by atoms with Crippen molar-refractivity contribution in [2.24, 2.45) is 5.41 Å². The van der Waals surface area contributed by atoms with E-state index in [2.05, 4.69) is 16.3 Å². The monoisotopic (exact) mass is 235 g/mol. The Labute approximate surface area is 103 Å². The zero-order valence-electron chi connectivity index (χ0n) is 10.7. The van der Waals surface area contributed by atoms with Gasteiger partial charge in [-0.25, -0.2) is 0 Å². The molecule has 0 spiro atoms. The predicted molar refractivity (Wildman–Crippen MR) is 65.2 cm³/mol. The number of rotatable bonds is 2. The zero-order chi connectivity index (χ0) is 12.5. The maximum absolute atomic E-state index is 12.0. The van der Waals surface area contributed by atoms with Crippen LogP contribution < -0.4 is 5.32 Å². The first-order chi connectivity index (χ1) is 8.04. The highest BCUT2D eigenvalue weighted by Crippen LogP contribution is 2.27. The molecule has 4 heteroatoms. The van der Waals surface area contributed by atoms with Gasteiger partial charge in [0, 0.05) is 18.6 Å². The van der Waals surface area contributed by atoms with Crippen LogP contribution in [-0.4, -0.2) is 36.0 Å². The highest BCUT2D eigenvalue weighted by molar-refractivity contribution is 5.84. The van der Waals surface area contributed by atoms with Crippen LogP contribution in [0.25, 0.3) is 0 Å². The summed E-state index contributed by atoms with van der Waals surface area (Å²) in [5, 5.41) is 12.0. The average Bonchev–Trinajstić information content (AvgIpc) is 2.73. The minimum atomic E-state index is -0.915. The van der Waals surface area contributed by atoms with E-state index in [4.69, 9.17) is 5.26 Å². The molecule has 2 aliphatic rings. The van der Waals surface area contributed by atoms with E-state index in [1.54, 1.807) is 13.8 Å². The number of piperidine rings is 1. The lowest BCUT2D eigenvalue weighted by Gasteiger charge is -2.33. The molecule has 94 valence electrons. The number of carbonyl (C=O) groups is 1. The van der Waals surface area contributed by atoms with E-state index >= 15 is 0 Å². The second kappa shape index (κ2) is 4.66. The molecule has 1 amide bonds. The lowest BCUT2D eigenvalue weighted by atomic mass is 9.92. The molecule has 4 nitrogen and oxygen atoms in total. The van der Waals surface area contributed by atoms with Crippen molar-refractivity contribution in [1.82, 2.24) is 10.2 Å². The number of amides is 1. The molecule has 0 aromatic carbocycles. The summed E-state index contributed by atoms with van der Waals surface area (Å²) in [6.07, 6.45) is 4.74. The number of fused-ring (bicyclic) bond motifs is 1. The smallest absolute Gasteiger partial charge is 0.240 e. The van der Waals surface area contributed by atoms with Crippen LogP contribution in [0.4, 0.5) is 0 Å². The van der Waals surface area contributed by atoms with Crippen molar-refractivity contribution in [2.75, 3.05) is 13.1 Å². The topological polar surface area (TPSA) is 56.1 Å². The Morgan fingerprint density at radius 2 is 2.12 bits per heavy atom. The molecule has 0 bridgehead atoms. The SMILES string of the molecule is CC(C)(C#N)C(=O)NC1CCN2CCCCC12. The third-order valence-corrected chi connectivity index (χ3v) is 4.02. The number of nitriles is 1. The number of nitrogens with one attached hydrogen (secondary N) is 1. The van der Waals surface area contributed by atoms with Crippen molar-refractivity contribution in [3.8, 4) is 6.07 Å². The van der Waals surface area contributed by atoms with Gasteiger partial charge in [0.1, 0.15) is 5.41 Å². The molecule has 2 unspecified atom stereocenters. The summed E-state index contributed by atoms with van der Waals surface area (Å²) < 4.78 is 0. The number of hydrogen-bond donors (Lipinski definition) is 1. The highest BCUT2D eigenvalue weighted by atomic mass is 16.2. The van der Waals surface area contributed by atoms with E-state index in [0.29, 0.717) is 6.04 Å². The number of nitrogens with zero attached hydrogens (tertiary/aromatic N) is 2. The van der Waals surface area contributed by atoms with Crippen molar-refractivity contribution in [3.63, 3.8) is 0 Å². The van der Waals surface area contributed by atoms with Gasteiger partial charge in [-0.2, -0.15) is 5.26 Å². The fourth-order valence-electron chi connectivity index (χ4n) is 2.82. The Hall–Kier alpha value is -1.08. The standard InChI is InChI=1S/C13H21N3O/c1-13(2,9-14)12(17)15-10-6-8-16-7-4-3-5-11(10)16/h10-11H,3-8H2,1-2H3,(H,15,17). The van der Waals surface area contributed by atoms with Crippen LogP contribution in [0.2, 0.25) is 0 Å². The lowest BCUT2D eigenvalue weighted by Crippen LogP contribution is -2.49. The maximum Gasteiger partial charge on any atom is 0.240 e. The van der Waals surface area contributed by atoms with Crippen LogP contribution in [0, 0.1) is 16.7 Å². The van der Waals surface area contributed by atoms with Crippen LogP contribution in [0.3, 0.4) is 0 Å². The minimum Gasteiger partial charge on any atom is -0.350 e. The van der Waals surface area contributed by atoms with Crippen LogP contribution in [0.1, 0.15) is 39.5 Å². The molecule has 2 rings (SSSR count).